The minimum absolute atomic E-state index is 0.0170. The average molecular weight is 187 g/mol. The van der Waals surface area contributed by atoms with Crippen LogP contribution >= 0.6 is 0 Å². The largest absolute Gasteiger partial charge is 0.369 e. The highest BCUT2D eigenvalue weighted by molar-refractivity contribution is 5.78. The molecule has 13 heavy (non-hydrogen) atoms. The van der Waals surface area contributed by atoms with E-state index >= 15 is 0 Å². The minimum atomic E-state index is -0.357. The Balaban J connectivity index is 3.56. The molecule has 0 heterocycles. The smallest absolute Gasteiger partial charge is 0.236 e. The van der Waals surface area contributed by atoms with Crippen molar-refractivity contribution in [2.45, 2.75) is 6.92 Å². The number of amides is 2. The van der Waals surface area contributed by atoms with E-state index in [-0.39, 0.29) is 24.3 Å². The van der Waals surface area contributed by atoms with Crippen LogP contribution in [0.3, 0.4) is 0 Å². The fourth-order valence-corrected chi connectivity index (χ4v) is 0.654. The normalized spacial score (nSPS) is 12.2. The first-order valence-corrected chi connectivity index (χ1v) is 4.15. The number of nitrogens with zero attached hydrogens (tertiary/aromatic N) is 1. The van der Waals surface area contributed by atoms with Gasteiger partial charge in [-0.05, 0) is 0 Å². The van der Waals surface area contributed by atoms with Crippen molar-refractivity contribution in [3.05, 3.63) is 0 Å². The Kier molecular flexibility index (Phi) is 5.06. The predicted octanol–water partition coefficient (Wildman–Crippen LogP) is -1.21. The van der Waals surface area contributed by atoms with Gasteiger partial charge in [0.05, 0.1) is 6.54 Å². The van der Waals surface area contributed by atoms with Crippen molar-refractivity contribution in [3.63, 3.8) is 0 Å². The zero-order valence-corrected chi connectivity index (χ0v) is 8.33. The van der Waals surface area contributed by atoms with Crippen LogP contribution in [0.15, 0.2) is 0 Å². The van der Waals surface area contributed by atoms with Gasteiger partial charge in [0.15, 0.2) is 0 Å². The molecule has 0 aliphatic carbocycles. The molecule has 5 heteroatoms. The number of likely N-dealkylation sites (N-methyl/N-ethyl adjacent to an activating group) is 1. The fraction of sp³-hybridized carbons (Fsp3) is 0.750. The Morgan fingerprint density at radius 1 is 1.46 bits per heavy atom. The summed E-state index contributed by atoms with van der Waals surface area (Å²) in [6.07, 6.45) is 0. The van der Waals surface area contributed by atoms with Crippen LogP contribution in [-0.2, 0) is 9.59 Å². The third kappa shape index (κ3) is 5.19. The van der Waals surface area contributed by atoms with Gasteiger partial charge in [0.25, 0.3) is 0 Å². The number of nitrogens with two attached hydrogens (primary N) is 1. The SMILES string of the molecule is CC(CNCC(=O)N(C)C)C(N)=O. The average Bonchev–Trinajstić information content (AvgIpc) is 2.03. The third-order valence-corrected chi connectivity index (χ3v) is 1.71. The molecule has 0 aliphatic rings. The van der Waals surface area contributed by atoms with Crippen LogP contribution < -0.4 is 11.1 Å². The molecule has 0 rings (SSSR count). The van der Waals surface area contributed by atoms with Gasteiger partial charge in [-0.1, -0.05) is 6.92 Å². The van der Waals surface area contributed by atoms with E-state index < -0.39 is 0 Å². The van der Waals surface area contributed by atoms with Gasteiger partial charge in [-0.15, -0.1) is 0 Å². The molecule has 0 fully saturated rings. The molecule has 1 unspecified atom stereocenters. The monoisotopic (exact) mass is 187 g/mol. The van der Waals surface area contributed by atoms with Crippen molar-refractivity contribution in [2.24, 2.45) is 11.7 Å². The third-order valence-electron chi connectivity index (χ3n) is 1.71. The quantitative estimate of drug-likeness (QED) is 0.567. The minimum Gasteiger partial charge on any atom is -0.369 e. The van der Waals surface area contributed by atoms with Gasteiger partial charge in [-0.3, -0.25) is 9.59 Å². The standard InChI is InChI=1S/C8H17N3O2/c1-6(8(9)13)4-10-5-7(12)11(2)3/h6,10H,4-5H2,1-3H3,(H2,9,13). The van der Waals surface area contributed by atoms with Gasteiger partial charge in [0.2, 0.25) is 11.8 Å². The van der Waals surface area contributed by atoms with E-state index in [1.54, 1.807) is 21.0 Å². The maximum absolute atomic E-state index is 11.0. The molecule has 1 atom stereocenters. The number of carbonyl (C=O) groups is 2. The first-order valence-electron chi connectivity index (χ1n) is 4.15. The van der Waals surface area contributed by atoms with Gasteiger partial charge in [-0.2, -0.15) is 0 Å². The molecule has 0 saturated heterocycles. The molecule has 0 spiro atoms. The van der Waals surface area contributed by atoms with Crippen LogP contribution in [0, 0.1) is 5.92 Å². The number of primary amides is 1. The van der Waals surface area contributed by atoms with E-state index in [0.29, 0.717) is 6.54 Å². The highest BCUT2D eigenvalue weighted by atomic mass is 16.2. The molecule has 0 radical (unpaired) electrons. The lowest BCUT2D eigenvalue weighted by molar-refractivity contribution is -0.128. The first kappa shape index (κ1) is 11.9. The number of carbonyl (C=O) groups excluding carboxylic acids is 2. The molecule has 5 nitrogen and oxygen atoms in total. The topological polar surface area (TPSA) is 75.4 Å². The zero-order valence-electron chi connectivity index (χ0n) is 8.33. The summed E-state index contributed by atoms with van der Waals surface area (Å²) in [6.45, 7) is 2.40. The molecule has 0 aromatic heterocycles. The molecule has 0 bridgehead atoms. The van der Waals surface area contributed by atoms with Crippen molar-refractivity contribution >= 4 is 11.8 Å². The van der Waals surface area contributed by atoms with Gasteiger partial charge in [-0.25, -0.2) is 0 Å². The summed E-state index contributed by atoms with van der Waals surface area (Å²) < 4.78 is 0. The number of rotatable bonds is 5. The van der Waals surface area contributed by atoms with Crippen LogP contribution in [0.25, 0.3) is 0 Å². The molecule has 0 aliphatic heterocycles. The lowest BCUT2D eigenvalue weighted by Crippen LogP contribution is -2.37. The number of hydrogen-bond donors (Lipinski definition) is 2. The highest BCUT2D eigenvalue weighted by Crippen LogP contribution is 1.88. The van der Waals surface area contributed by atoms with Crippen LogP contribution in [0.2, 0.25) is 0 Å². The Labute approximate surface area is 78.3 Å². The van der Waals surface area contributed by atoms with Gasteiger partial charge < -0.3 is 16.0 Å². The summed E-state index contributed by atoms with van der Waals surface area (Å²) >= 11 is 0. The molecule has 76 valence electrons. The van der Waals surface area contributed by atoms with E-state index in [4.69, 9.17) is 5.73 Å². The Bertz CT molecular complexity index is 192. The zero-order chi connectivity index (χ0) is 10.4. The van der Waals surface area contributed by atoms with Crippen molar-refractivity contribution in [3.8, 4) is 0 Å². The molecule has 0 saturated carbocycles. The summed E-state index contributed by atoms with van der Waals surface area (Å²) in [6, 6.07) is 0. The Morgan fingerprint density at radius 3 is 2.38 bits per heavy atom. The first-order chi connectivity index (χ1) is 5.95. The fourth-order valence-electron chi connectivity index (χ4n) is 0.654. The van der Waals surface area contributed by atoms with Crippen molar-refractivity contribution in [2.75, 3.05) is 27.2 Å². The second-order valence-electron chi connectivity index (χ2n) is 3.22. The lowest BCUT2D eigenvalue weighted by atomic mass is 10.2. The second kappa shape index (κ2) is 5.53. The van der Waals surface area contributed by atoms with E-state index in [0.717, 1.165) is 0 Å². The highest BCUT2D eigenvalue weighted by Gasteiger charge is 2.09. The van der Waals surface area contributed by atoms with Crippen molar-refractivity contribution in [1.29, 1.82) is 0 Å². The molecule has 2 amide bonds. The lowest BCUT2D eigenvalue weighted by Gasteiger charge is -2.12. The molecule has 3 N–H and O–H groups in total. The Hall–Kier alpha value is -1.10. The summed E-state index contributed by atoms with van der Waals surface area (Å²) in [4.78, 5) is 23.1. The summed E-state index contributed by atoms with van der Waals surface area (Å²) in [5, 5.41) is 2.86. The van der Waals surface area contributed by atoms with Crippen LogP contribution in [0.5, 0.6) is 0 Å². The molecule has 0 aromatic rings. The summed E-state index contributed by atoms with van der Waals surface area (Å²) in [5.41, 5.74) is 5.04. The van der Waals surface area contributed by atoms with Gasteiger partial charge in [0.1, 0.15) is 0 Å². The predicted molar refractivity (Wildman–Crippen MR) is 49.9 cm³/mol. The van der Waals surface area contributed by atoms with E-state index in [1.165, 1.54) is 4.90 Å². The molecular weight excluding hydrogens is 170 g/mol. The summed E-state index contributed by atoms with van der Waals surface area (Å²) in [5.74, 6) is -0.614. The van der Waals surface area contributed by atoms with E-state index in [9.17, 15) is 9.59 Å². The van der Waals surface area contributed by atoms with E-state index in [1.807, 2.05) is 0 Å². The second-order valence-corrected chi connectivity index (χ2v) is 3.22. The van der Waals surface area contributed by atoms with Crippen LogP contribution in [-0.4, -0.2) is 43.9 Å². The van der Waals surface area contributed by atoms with Crippen molar-refractivity contribution in [1.82, 2.24) is 10.2 Å². The van der Waals surface area contributed by atoms with Crippen LogP contribution in [0.1, 0.15) is 6.92 Å². The van der Waals surface area contributed by atoms with Gasteiger partial charge in [0, 0.05) is 26.6 Å². The van der Waals surface area contributed by atoms with Crippen molar-refractivity contribution < 1.29 is 9.59 Å². The molecular formula is C8H17N3O2. The molecule has 0 aromatic carbocycles. The maximum Gasteiger partial charge on any atom is 0.236 e. The summed E-state index contributed by atoms with van der Waals surface area (Å²) in [7, 11) is 3.36. The van der Waals surface area contributed by atoms with E-state index in [2.05, 4.69) is 5.32 Å². The van der Waals surface area contributed by atoms with Crippen LogP contribution in [0.4, 0.5) is 0 Å². The number of hydrogen-bond acceptors (Lipinski definition) is 3. The van der Waals surface area contributed by atoms with Gasteiger partial charge >= 0.3 is 0 Å². The number of nitrogens with one attached hydrogen (secondary N) is 1. The Morgan fingerprint density at radius 2 is 2.00 bits per heavy atom. The maximum atomic E-state index is 11.0.